The summed E-state index contributed by atoms with van der Waals surface area (Å²) in [5, 5.41) is 2.49. The van der Waals surface area contributed by atoms with Crippen molar-refractivity contribution in [2.24, 2.45) is 0 Å². The third-order valence-corrected chi connectivity index (χ3v) is 5.26. The minimum absolute atomic E-state index is 0.436. The molecule has 0 aliphatic heterocycles. The van der Waals surface area contributed by atoms with Crippen LogP contribution in [0.2, 0.25) is 0 Å². The van der Waals surface area contributed by atoms with Crippen LogP contribution in [0.15, 0.2) is 30.3 Å². The first kappa shape index (κ1) is 16.0. The molecule has 4 nitrogen and oxygen atoms in total. The lowest BCUT2D eigenvalue weighted by Crippen LogP contribution is -2.42. The van der Waals surface area contributed by atoms with Gasteiger partial charge in [-0.15, -0.1) is 0 Å². The van der Waals surface area contributed by atoms with Gasteiger partial charge in [-0.3, -0.25) is 4.31 Å². The average molecular weight is 284 g/mol. The van der Waals surface area contributed by atoms with Crippen LogP contribution in [0.1, 0.15) is 26.7 Å². The monoisotopic (exact) mass is 284 g/mol. The number of hydrogen-bond donors (Lipinski definition) is 1. The zero-order valence-electron chi connectivity index (χ0n) is 12.0. The first-order valence-corrected chi connectivity index (χ1v) is 8.25. The molecule has 0 aromatic heterocycles. The number of nitrogens with one attached hydrogen (secondary N) is 1. The molecule has 0 spiro atoms. The Kier molecular flexibility index (Phi) is 6.31. The minimum Gasteiger partial charge on any atom is -0.318 e. The number of para-hydroxylation sites is 1. The summed E-state index contributed by atoms with van der Waals surface area (Å²) in [7, 11) is -1.55. The Morgan fingerprint density at radius 3 is 2.42 bits per heavy atom. The van der Waals surface area contributed by atoms with E-state index in [1.807, 2.05) is 30.3 Å². The number of rotatable bonds is 8. The molecule has 0 bridgehead atoms. The molecule has 0 radical (unpaired) electrons. The van der Waals surface area contributed by atoms with Gasteiger partial charge in [-0.1, -0.05) is 31.5 Å². The van der Waals surface area contributed by atoms with Crippen molar-refractivity contribution in [2.45, 2.75) is 31.9 Å². The lowest BCUT2D eigenvalue weighted by atomic mass is 10.3. The Morgan fingerprint density at radius 2 is 1.89 bits per heavy atom. The minimum atomic E-state index is -3.32. The highest BCUT2D eigenvalue weighted by Crippen LogP contribution is 2.21. The van der Waals surface area contributed by atoms with Crippen LogP contribution < -0.4 is 9.62 Å². The molecule has 1 rings (SSSR count). The zero-order chi connectivity index (χ0) is 14.3. The molecule has 0 aliphatic rings. The molecule has 1 aromatic rings. The summed E-state index contributed by atoms with van der Waals surface area (Å²) in [5.41, 5.74) is 0.749. The van der Waals surface area contributed by atoms with Crippen molar-refractivity contribution < 1.29 is 8.42 Å². The molecule has 0 aliphatic carbocycles. The molecular formula is C14H24N2O2S. The molecule has 0 fully saturated rings. The fraction of sp³-hybridized carbons (Fsp3) is 0.571. The van der Waals surface area contributed by atoms with Gasteiger partial charge in [-0.05, 0) is 32.5 Å². The topological polar surface area (TPSA) is 49.4 Å². The van der Waals surface area contributed by atoms with Gasteiger partial charge in [0, 0.05) is 13.1 Å². The van der Waals surface area contributed by atoms with Gasteiger partial charge in [0.1, 0.15) is 0 Å². The van der Waals surface area contributed by atoms with Gasteiger partial charge in [-0.2, -0.15) is 0 Å². The van der Waals surface area contributed by atoms with E-state index in [1.54, 1.807) is 18.3 Å². The maximum atomic E-state index is 12.6. The predicted molar refractivity (Wildman–Crippen MR) is 81.0 cm³/mol. The first-order valence-electron chi connectivity index (χ1n) is 6.75. The third-order valence-electron chi connectivity index (χ3n) is 3.07. The van der Waals surface area contributed by atoms with Gasteiger partial charge in [0.05, 0.1) is 10.9 Å². The summed E-state index contributed by atoms with van der Waals surface area (Å²) in [6.07, 6.45) is 1.83. The van der Waals surface area contributed by atoms with E-state index in [1.165, 1.54) is 0 Å². The van der Waals surface area contributed by atoms with Crippen molar-refractivity contribution >= 4 is 15.7 Å². The molecule has 0 saturated heterocycles. The summed E-state index contributed by atoms with van der Waals surface area (Å²) < 4.78 is 26.8. The summed E-state index contributed by atoms with van der Waals surface area (Å²) >= 11 is 0. The highest BCUT2D eigenvalue weighted by atomic mass is 32.2. The van der Waals surface area contributed by atoms with Crippen LogP contribution in [0.5, 0.6) is 0 Å². The van der Waals surface area contributed by atoms with Gasteiger partial charge in [-0.25, -0.2) is 8.42 Å². The third kappa shape index (κ3) is 4.21. The summed E-state index contributed by atoms with van der Waals surface area (Å²) in [6.45, 7) is 4.80. The van der Waals surface area contributed by atoms with Crippen LogP contribution in [-0.4, -0.2) is 33.8 Å². The van der Waals surface area contributed by atoms with Crippen LogP contribution in [0.25, 0.3) is 0 Å². The van der Waals surface area contributed by atoms with Gasteiger partial charge in [0.25, 0.3) is 0 Å². The highest BCUT2D eigenvalue weighted by Gasteiger charge is 2.28. The van der Waals surface area contributed by atoms with Crippen LogP contribution in [0.3, 0.4) is 0 Å². The predicted octanol–water partition coefficient (Wildman–Crippen LogP) is 2.23. The molecule has 1 atom stereocenters. The molecule has 0 heterocycles. The maximum Gasteiger partial charge on any atom is 0.239 e. The molecular weight excluding hydrogens is 260 g/mol. The highest BCUT2D eigenvalue weighted by molar-refractivity contribution is 7.93. The van der Waals surface area contributed by atoms with Crippen LogP contribution in [0, 0.1) is 0 Å². The van der Waals surface area contributed by atoms with Crippen molar-refractivity contribution in [1.29, 1.82) is 0 Å². The Morgan fingerprint density at radius 1 is 1.26 bits per heavy atom. The van der Waals surface area contributed by atoms with Crippen LogP contribution in [-0.2, 0) is 10.0 Å². The van der Waals surface area contributed by atoms with Crippen molar-refractivity contribution in [3.05, 3.63) is 30.3 Å². The number of benzene rings is 1. The van der Waals surface area contributed by atoms with E-state index in [4.69, 9.17) is 0 Å². The van der Waals surface area contributed by atoms with E-state index < -0.39 is 15.3 Å². The zero-order valence-corrected chi connectivity index (χ0v) is 12.8. The number of unbranched alkanes of at least 4 members (excludes halogenated alkanes) is 1. The lowest BCUT2D eigenvalue weighted by molar-refractivity contribution is 0.571. The van der Waals surface area contributed by atoms with Crippen molar-refractivity contribution in [2.75, 3.05) is 24.4 Å². The molecule has 0 saturated carbocycles. The molecule has 1 unspecified atom stereocenters. The van der Waals surface area contributed by atoms with E-state index in [0.29, 0.717) is 13.1 Å². The second-order valence-electron chi connectivity index (χ2n) is 4.67. The number of anilines is 1. The first-order chi connectivity index (χ1) is 9.04. The smallest absolute Gasteiger partial charge is 0.239 e. The van der Waals surface area contributed by atoms with Gasteiger partial charge >= 0.3 is 0 Å². The molecule has 19 heavy (non-hydrogen) atoms. The van der Waals surface area contributed by atoms with E-state index >= 15 is 0 Å². The number of nitrogens with zero attached hydrogens (tertiary/aromatic N) is 1. The fourth-order valence-corrected chi connectivity index (χ4v) is 3.52. The van der Waals surface area contributed by atoms with Crippen molar-refractivity contribution in [3.8, 4) is 0 Å². The van der Waals surface area contributed by atoms with Crippen LogP contribution >= 0.6 is 0 Å². The van der Waals surface area contributed by atoms with E-state index in [0.717, 1.165) is 18.5 Å². The summed E-state index contributed by atoms with van der Waals surface area (Å²) in [5.74, 6) is 0. The van der Waals surface area contributed by atoms with E-state index in [-0.39, 0.29) is 0 Å². The lowest BCUT2D eigenvalue weighted by Gasteiger charge is -2.27. The quantitative estimate of drug-likeness (QED) is 0.796. The van der Waals surface area contributed by atoms with E-state index in [2.05, 4.69) is 12.2 Å². The maximum absolute atomic E-state index is 12.6. The molecule has 1 N–H and O–H groups in total. The Hall–Kier alpha value is -1.07. The molecule has 1 aromatic carbocycles. The Balaban J connectivity index is 3.03. The molecule has 5 heteroatoms. The van der Waals surface area contributed by atoms with Gasteiger partial charge in [0.15, 0.2) is 0 Å². The van der Waals surface area contributed by atoms with E-state index in [9.17, 15) is 8.42 Å². The summed E-state index contributed by atoms with van der Waals surface area (Å²) in [4.78, 5) is 0. The Bertz CT molecular complexity index is 460. The van der Waals surface area contributed by atoms with Crippen molar-refractivity contribution in [1.82, 2.24) is 5.32 Å². The largest absolute Gasteiger partial charge is 0.318 e. The second-order valence-corrected chi connectivity index (χ2v) is 6.95. The SMILES string of the molecule is CCCCN(c1ccccc1)S(=O)(=O)C(C)CNC. The molecule has 108 valence electrons. The number of hydrogen-bond acceptors (Lipinski definition) is 3. The van der Waals surface area contributed by atoms with Crippen molar-refractivity contribution in [3.63, 3.8) is 0 Å². The van der Waals surface area contributed by atoms with Gasteiger partial charge < -0.3 is 5.32 Å². The average Bonchev–Trinajstić information content (AvgIpc) is 2.40. The number of sulfonamides is 1. The molecule has 0 amide bonds. The fourth-order valence-electron chi connectivity index (χ4n) is 1.91. The van der Waals surface area contributed by atoms with Crippen LogP contribution in [0.4, 0.5) is 5.69 Å². The summed E-state index contributed by atoms with van der Waals surface area (Å²) in [6, 6.07) is 9.32. The second kappa shape index (κ2) is 7.50. The standard InChI is InChI=1S/C14H24N2O2S/c1-4-5-11-16(14-9-7-6-8-10-14)19(17,18)13(2)12-15-3/h6-10,13,15H,4-5,11-12H2,1-3H3. The normalized spacial score (nSPS) is 13.2. The van der Waals surface area contributed by atoms with Gasteiger partial charge in [0.2, 0.25) is 10.0 Å². The Labute approximate surface area is 116 Å².